The molecule has 86 valence electrons. The Labute approximate surface area is 74.1 Å². The van der Waals surface area contributed by atoms with Gasteiger partial charge in [0.05, 0.1) is 0 Å². The van der Waals surface area contributed by atoms with Gasteiger partial charge < -0.3 is 15.9 Å². The predicted octanol–water partition coefficient (Wildman–Crippen LogP) is 0.162. The molecule has 3 nitrogen and oxygen atoms in total. The molecule has 0 saturated carbocycles. The molecule has 0 aromatic carbocycles. The summed E-state index contributed by atoms with van der Waals surface area (Å²) in [5.41, 5.74) is -0.744. The van der Waals surface area contributed by atoms with Crippen LogP contribution in [0.25, 0.3) is 0 Å². The van der Waals surface area contributed by atoms with Crippen LogP contribution in [0.3, 0.4) is 0 Å². The van der Waals surface area contributed by atoms with Crippen LogP contribution in [0.1, 0.15) is 0 Å². The molecule has 1 unspecified atom stereocenters. The van der Waals surface area contributed by atoms with Crippen molar-refractivity contribution < 1.29 is 36.6 Å². The molecule has 0 fully saturated rings. The quantitative estimate of drug-likeness (QED) is 0.589. The van der Waals surface area contributed by atoms with E-state index < -0.39 is 30.6 Å². The fourth-order valence-corrected chi connectivity index (χ4v) is 0.709. The van der Waals surface area contributed by atoms with Crippen LogP contribution in [-0.4, -0.2) is 40.8 Å². The maximum absolute atomic E-state index is 11.9. The van der Waals surface area contributed by atoms with Crippen LogP contribution in [-0.2, 0) is 0 Å². The number of nitrogens with two attached hydrogens (primary N) is 1. The summed E-state index contributed by atoms with van der Waals surface area (Å²) in [5.74, 6) is 0. The Kier molecular flexibility index (Phi) is 3.42. The first-order chi connectivity index (χ1) is 5.98. The molecule has 0 aliphatic rings. The molecule has 0 spiro atoms. The van der Waals surface area contributed by atoms with Crippen LogP contribution < -0.4 is 5.73 Å². The van der Waals surface area contributed by atoms with Gasteiger partial charge in [-0.1, -0.05) is 0 Å². The Morgan fingerprint density at radius 3 is 1.36 bits per heavy atom. The number of rotatable bonds is 2. The molecule has 0 bridgehead atoms. The second kappa shape index (κ2) is 3.55. The minimum absolute atomic E-state index is 1.37. The lowest BCUT2D eigenvalue weighted by molar-refractivity contribution is -0.389. The Morgan fingerprint density at radius 1 is 1.00 bits per heavy atom. The summed E-state index contributed by atoms with van der Waals surface area (Å²) in [6.07, 6.45) is -15.2. The van der Waals surface area contributed by atoms with Crippen LogP contribution >= 0.6 is 0 Å². The van der Waals surface area contributed by atoms with Crippen molar-refractivity contribution in [3.63, 3.8) is 0 Å². The van der Waals surface area contributed by atoms with Crippen LogP contribution in [0.4, 0.5) is 26.3 Å². The standard InChI is InChI=1S/C5H7F6NO2/c6-4(7,8)3(14,2(13)1-12)5(9,10)11/h2,13-14H,1,12H2. The molecule has 4 N–H and O–H groups in total. The van der Waals surface area contributed by atoms with E-state index in [2.05, 4.69) is 5.73 Å². The van der Waals surface area contributed by atoms with Gasteiger partial charge in [-0.05, 0) is 0 Å². The molecule has 0 aliphatic carbocycles. The molecule has 14 heavy (non-hydrogen) atoms. The summed E-state index contributed by atoms with van der Waals surface area (Å²) in [7, 11) is 0. The molecule has 1 atom stereocenters. The van der Waals surface area contributed by atoms with E-state index in [4.69, 9.17) is 10.2 Å². The molecule has 0 aromatic rings. The highest BCUT2D eigenvalue weighted by Crippen LogP contribution is 2.44. The third kappa shape index (κ3) is 1.93. The minimum Gasteiger partial charge on any atom is -0.388 e. The second-order valence-electron chi connectivity index (χ2n) is 2.51. The maximum Gasteiger partial charge on any atom is 0.428 e. The normalized spacial score (nSPS) is 16.9. The summed E-state index contributed by atoms with van der Waals surface area (Å²) in [4.78, 5) is 0. The Bertz CT molecular complexity index is 185. The largest absolute Gasteiger partial charge is 0.428 e. The van der Waals surface area contributed by atoms with Gasteiger partial charge in [0.1, 0.15) is 6.10 Å². The van der Waals surface area contributed by atoms with Crippen molar-refractivity contribution in [2.24, 2.45) is 5.73 Å². The zero-order valence-electron chi connectivity index (χ0n) is 6.52. The number of alkyl halides is 6. The van der Waals surface area contributed by atoms with Gasteiger partial charge in [0.25, 0.3) is 5.60 Å². The topological polar surface area (TPSA) is 66.5 Å². The van der Waals surface area contributed by atoms with Gasteiger partial charge in [0.15, 0.2) is 0 Å². The lowest BCUT2D eigenvalue weighted by Crippen LogP contribution is -2.65. The van der Waals surface area contributed by atoms with E-state index in [1.165, 1.54) is 0 Å². The van der Waals surface area contributed by atoms with Crippen LogP contribution in [0, 0.1) is 0 Å². The fourth-order valence-electron chi connectivity index (χ4n) is 0.709. The van der Waals surface area contributed by atoms with Crippen molar-refractivity contribution in [1.82, 2.24) is 0 Å². The number of aliphatic hydroxyl groups excluding tert-OH is 1. The van der Waals surface area contributed by atoms with E-state index in [0.29, 0.717) is 0 Å². The highest BCUT2D eigenvalue weighted by molar-refractivity contribution is 5.00. The smallest absolute Gasteiger partial charge is 0.388 e. The highest BCUT2D eigenvalue weighted by Gasteiger charge is 2.73. The number of halogens is 6. The Morgan fingerprint density at radius 2 is 1.29 bits per heavy atom. The van der Waals surface area contributed by atoms with E-state index in [0.717, 1.165) is 0 Å². The average molecular weight is 227 g/mol. The van der Waals surface area contributed by atoms with E-state index in [9.17, 15) is 26.3 Å². The van der Waals surface area contributed by atoms with Crippen molar-refractivity contribution in [1.29, 1.82) is 0 Å². The second-order valence-corrected chi connectivity index (χ2v) is 2.51. The molecule has 0 amide bonds. The summed E-state index contributed by atoms with van der Waals surface area (Å²) in [6, 6.07) is 0. The van der Waals surface area contributed by atoms with Crippen LogP contribution in [0.2, 0.25) is 0 Å². The SMILES string of the molecule is NCC(O)C(O)(C(F)(F)F)C(F)(F)F. The summed E-state index contributed by atoms with van der Waals surface area (Å²) in [6.45, 7) is -1.37. The van der Waals surface area contributed by atoms with Crippen molar-refractivity contribution in [3.05, 3.63) is 0 Å². The Hall–Kier alpha value is -0.540. The van der Waals surface area contributed by atoms with Gasteiger partial charge >= 0.3 is 12.4 Å². The van der Waals surface area contributed by atoms with E-state index in [1.807, 2.05) is 0 Å². The molecule has 9 heteroatoms. The highest BCUT2D eigenvalue weighted by atomic mass is 19.4. The van der Waals surface area contributed by atoms with Crippen molar-refractivity contribution in [2.75, 3.05) is 6.54 Å². The first-order valence-corrected chi connectivity index (χ1v) is 3.22. The van der Waals surface area contributed by atoms with Crippen molar-refractivity contribution in [3.8, 4) is 0 Å². The lowest BCUT2D eigenvalue weighted by Gasteiger charge is -2.35. The lowest BCUT2D eigenvalue weighted by atomic mass is 9.95. The van der Waals surface area contributed by atoms with Crippen molar-refractivity contribution >= 4 is 0 Å². The molecule has 0 heterocycles. The van der Waals surface area contributed by atoms with Gasteiger partial charge in [-0.25, -0.2) is 0 Å². The van der Waals surface area contributed by atoms with Gasteiger partial charge in [0.2, 0.25) is 0 Å². The molecule has 0 aliphatic heterocycles. The number of hydrogen-bond acceptors (Lipinski definition) is 3. The van der Waals surface area contributed by atoms with Crippen LogP contribution in [0.5, 0.6) is 0 Å². The molecule has 0 rings (SSSR count). The first-order valence-electron chi connectivity index (χ1n) is 3.22. The van der Waals surface area contributed by atoms with Crippen molar-refractivity contribution in [2.45, 2.75) is 24.1 Å². The third-order valence-corrected chi connectivity index (χ3v) is 1.57. The van der Waals surface area contributed by atoms with E-state index >= 15 is 0 Å². The zero-order chi connectivity index (χ0) is 11.8. The Balaban J connectivity index is 5.29. The van der Waals surface area contributed by atoms with Gasteiger partial charge in [0, 0.05) is 6.54 Å². The molecular formula is C5H7F6NO2. The molecule has 0 aromatic heterocycles. The van der Waals surface area contributed by atoms with E-state index in [-0.39, 0.29) is 0 Å². The fraction of sp³-hybridized carbons (Fsp3) is 1.00. The molecule has 0 saturated heterocycles. The summed E-state index contributed by atoms with van der Waals surface area (Å²) in [5, 5.41) is 16.8. The van der Waals surface area contributed by atoms with Gasteiger partial charge in [-0.3, -0.25) is 0 Å². The maximum atomic E-state index is 11.9. The minimum atomic E-state index is -6.04. The monoisotopic (exact) mass is 227 g/mol. The van der Waals surface area contributed by atoms with E-state index in [1.54, 1.807) is 0 Å². The summed E-state index contributed by atoms with van der Waals surface area (Å²) < 4.78 is 71.1. The predicted molar refractivity (Wildman–Crippen MR) is 32.1 cm³/mol. The average Bonchev–Trinajstić information content (AvgIpc) is 1.97. The number of hydrogen-bond donors (Lipinski definition) is 3. The van der Waals surface area contributed by atoms with Gasteiger partial charge in [-0.15, -0.1) is 0 Å². The number of aliphatic hydroxyl groups is 2. The zero-order valence-corrected chi connectivity index (χ0v) is 6.52. The third-order valence-electron chi connectivity index (χ3n) is 1.57. The first kappa shape index (κ1) is 13.5. The molecular weight excluding hydrogens is 220 g/mol. The molecule has 0 radical (unpaired) electrons. The van der Waals surface area contributed by atoms with Crippen LogP contribution in [0.15, 0.2) is 0 Å². The van der Waals surface area contributed by atoms with Gasteiger partial charge in [-0.2, -0.15) is 26.3 Å². The summed E-state index contributed by atoms with van der Waals surface area (Å²) >= 11 is 0.